The molecule has 0 amide bonds. The van der Waals surface area contributed by atoms with Crippen LogP contribution in [0.1, 0.15) is 42.0 Å². The number of carboxylic acid groups (broad SMARTS) is 1. The van der Waals surface area contributed by atoms with Crippen molar-refractivity contribution >= 4 is 23.5 Å². The third-order valence-electron chi connectivity index (χ3n) is 4.80. The number of hydrogen-bond donors (Lipinski definition) is 1. The van der Waals surface area contributed by atoms with Crippen LogP contribution in [0.25, 0.3) is 0 Å². The van der Waals surface area contributed by atoms with Crippen LogP contribution in [0.3, 0.4) is 0 Å². The van der Waals surface area contributed by atoms with Crippen LogP contribution in [0.15, 0.2) is 35.2 Å². The normalized spacial score (nSPS) is 18.8. The maximum absolute atomic E-state index is 13.1. The number of hydrogen-bond acceptors (Lipinski definition) is 4. The van der Waals surface area contributed by atoms with Crippen molar-refractivity contribution in [3.8, 4) is 5.75 Å². The maximum Gasteiger partial charge on any atom is 0.315 e. The molecule has 2 heterocycles. The fraction of sp³-hybridized carbons (Fsp3) is 0.368. The van der Waals surface area contributed by atoms with Gasteiger partial charge in [0.25, 0.3) is 0 Å². The molecule has 0 bridgehead atoms. The average molecular weight is 359 g/mol. The van der Waals surface area contributed by atoms with Gasteiger partial charge in [-0.15, -0.1) is 11.8 Å². The molecule has 1 N–H and O–H groups in total. The zero-order chi connectivity index (χ0) is 18.2. The summed E-state index contributed by atoms with van der Waals surface area (Å²) in [5, 5.41) is 9.61. The lowest BCUT2D eigenvalue weighted by Gasteiger charge is -2.16. The van der Waals surface area contributed by atoms with Crippen molar-refractivity contribution in [3.63, 3.8) is 0 Å². The molecule has 1 unspecified atom stereocenters. The van der Waals surface area contributed by atoms with Crippen LogP contribution in [0.2, 0.25) is 0 Å². The van der Waals surface area contributed by atoms with Crippen LogP contribution in [-0.4, -0.2) is 34.3 Å². The molecule has 0 radical (unpaired) electrons. The van der Waals surface area contributed by atoms with E-state index in [1.165, 1.54) is 11.8 Å². The molecule has 1 atom stereocenters. The van der Waals surface area contributed by atoms with Crippen LogP contribution in [0, 0.1) is 0 Å². The minimum Gasteiger partial charge on any atom is -0.494 e. The van der Waals surface area contributed by atoms with Crippen molar-refractivity contribution in [1.82, 2.24) is 4.57 Å². The van der Waals surface area contributed by atoms with E-state index in [1.54, 1.807) is 31.2 Å². The molecule has 132 valence electrons. The highest BCUT2D eigenvalue weighted by molar-refractivity contribution is 7.98. The lowest BCUT2D eigenvalue weighted by atomic mass is 9.86. The van der Waals surface area contributed by atoms with Gasteiger partial charge in [0.1, 0.15) is 16.9 Å². The van der Waals surface area contributed by atoms with Crippen molar-refractivity contribution < 1.29 is 19.4 Å². The van der Waals surface area contributed by atoms with Crippen molar-refractivity contribution in [2.24, 2.45) is 0 Å². The lowest BCUT2D eigenvalue weighted by molar-refractivity contribution is -0.143. The van der Waals surface area contributed by atoms with Crippen molar-refractivity contribution in [2.75, 3.05) is 12.9 Å². The Labute approximate surface area is 151 Å². The number of benzene rings is 1. The third-order valence-corrected chi connectivity index (χ3v) is 5.55. The van der Waals surface area contributed by atoms with E-state index in [4.69, 9.17) is 4.74 Å². The molecule has 1 aromatic heterocycles. The Morgan fingerprint density at radius 1 is 1.32 bits per heavy atom. The Bertz CT molecular complexity index is 825. The minimum atomic E-state index is -0.943. The van der Waals surface area contributed by atoms with Crippen LogP contribution in [0.4, 0.5) is 0 Å². The molecule has 0 saturated heterocycles. The quantitative estimate of drug-likeness (QED) is 0.631. The third kappa shape index (κ3) is 2.84. The summed E-state index contributed by atoms with van der Waals surface area (Å²) < 4.78 is 7.29. The SMILES string of the molecule is CCOc1ccc(C(=O)c2c(SC)cc3n2CCC3(C)C(=O)O)cc1. The summed E-state index contributed by atoms with van der Waals surface area (Å²) in [4.78, 5) is 25.6. The highest BCUT2D eigenvalue weighted by Crippen LogP contribution is 2.41. The summed E-state index contributed by atoms with van der Waals surface area (Å²) >= 11 is 1.47. The number of fused-ring (bicyclic) bond motifs is 1. The zero-order valence-corrected chi connectivity index (χ0v) is 15.4. The highest BCUT2D eigenvalue weighted by atomic mass is 32.2. The summed E-state index contributed by atoms with van der Waals surface area (Å²) in [5.41, 5.74) is 0.917. The van der Waals surface area contributed by atoms with Crippen molar-refractivity contribution in [2.45, 2.75) is 37.1 Å². The topological polar surface area (TPSA) is 68.5 Å². The van der Waals surface area contributed by atoms with Gasteiger partial charge in [-0.2, -0.15) is 0 Å². The molecule has 1 aromatic carbocycles. The minimum absolute atomic E-state index is 0.0895. The van der Waals surface area contributed by atoms with Gasteiger partial charge in [-0.1, -0.05) is 0 Å². The first-order valence-corrected chi connectivity index (χ1v) is 9.43. The van der Waals surface area contributed by atoms with E-state index in [1.807, 2.05) is 23.8 Å². The smallest absolute Gasteiger partial charge is 0.315 e. The second-order valence-electron chi connectivity index (χ2n) is 6.27. The molecule has 0 aliphatic carbocycles. The van der Waals surface area contributed by atoms with E-state index in [9.17, 15) is 14.7 Å². The Balaban J connectivity index is 2.03. The fourth-order valence-corrected chi connectivity index (χ4v) is 3.92. The lowest BCUT2D eigenvalue weighted by Crippen LogP contribution is -2.29. The summed E-state index contributed by atoms with van der Waals surface area (Å²) in [6, 6.07) is 8.93. The number of aromatic nitrogens is 1. The number of nitrogens with zero attached hydrogens (tertiary/aromatic N) is 1. The van der Waals surface area contributed by atoms with E-state index in [0.717, 1.165) is 10.6 Å². The Kier molecular flexibility index (Phi) is 4.64. The largest absolute Gasteiger partial charge is 0.494 e. The van der Waals surface area contributed by atoms with E-state index in [-0.39, 0.29) is 5.78 Å². The molecule has 0 spiro atoms. The second-order valence-corrected chi connectivity index (χ2v) is 7.12. The van der Waals surface area contributed by atoms with E-state index >= 15 is 0 Å². The van der Waals surface area contributed by atoms with Crippen LogP contribution < -0.4 is 4.74 Å². The van der Waals surface area contributed by atoms with E-state index in [2.05, 4.69) is 0 Å². The molecule has 25 heavy (non-hydrogen) atoms. The van der Waals surface area contributed by atoms with Crippen LogP contribution in [-0.2, 0) is 16.8 Å². The molecule has 3 rings (SSSR count). The predicted molar refractivity (Wildman–Crippen MR) is 96.9 cm³/mol. The summed E-state index contributed by atoms with van der Waals surface area (Å²) in [6.07, 6.45) is 2.40. The maximum atomic E-state index is 13.1. The van der Waals surface area contributed by atoms with Crippen molar-refractivity contribution in [1.29, 1.82) is 0 Å². The highest BCUT2D eigenvalue weighted by Gasteiger charge is 2.44. The first kappa shape index (κ1) is 17.6. The average Bonchev–Trinajstić information content (AvgIpc) is 3.13. The van der Waals surface area contributed by atoms with Gasteiger partial charge >= 0.3 is 5.97 Å². The Morgan fingerprint density at radius 2 is 2.00 bits per heavy atom. The van der Waals surface area contributed by atoms with Gasteiger partial charge < -0.3 is 14.4 Å². The molecule has 1 aliphatic heterocycles. The van der Waals surface area contributed by atoms with Gasteiger partial charge in [0, 0.05) is 22.7 Å². The number of ketones is 1. The van der Waals surface area contributed by atoms with Crippen molar-refractivity contribution in [3.05, 3.63) is 47.3 Å². The number of rotatable bonds is 6. The summed E-state index contributed by atoms with van der Waals surface area (Å²) in [6.45, 7) is 4.75. The molecule has 6 heteroatoms. The van der Waals surface area contributed by atoms with Gasteiger partial charge in [0.05, 0.1) is 6.61 Å². The first-order chi connectivity index (χ1) is 11.9. The molecular weight excluding hydrogens is 338 g/mol. The van der Waals surface area contributed by atoms with Crippen LogP contribution in [0.5, 0.6) is 5.75 Å². The zero-order valence-electron chi connectivity index (χ0n) is 14.5. The predicted octanol–water partition coefficient (Wildman–Crippen LogP) is 3.59. The van der Waals surface area contributed by atoms with Gasteiger partial charge in [0.15, 0.2) is 0 Å². The van der Waals surface area contributed by atoms with Gasteiger partial charge in [-0.3, -0.25) is 9.59 Å². The number of carbonyl (C=O) groups excluding carboxylic acids is 1. The Morgan fingerprint density at radius 3 is 2.56 bits per heavy atom. The summed E-state index contributed by atoms with van der Waals surface area (Å²) in [7, 11) is 0. The number of carbonyl (C=O) groups is 2. The van der Waals surface area contributed by atoms with E-state index < -0.39 is 11.4 Å². The molecule has 5 nitrogen and oxygen atoms in total. The molecule has 1 aliphatic rings. The van der Waals surface area contributed by atoms with Gasteiger partial charge in [0.2, 0.25) is 5.78 Å². The van der Waals surface area contributed by atoms with Gasteiger partial charge in [-0.05, 0) is 56.9 Å². The standard InChI is InChI=1S/C19H21NO4S/c1-4-24-13-7-5-12(6-8-13)17(21)16-14(25-3)11-15-19(2,18(22)23)9-10-20(15)16/h5-8,11H,4,9-10H2,1-3H3,(H,22,23). The molecule has 0 fully saturated rings. The molecule has 2 aromatic rings. The number of thioether (sulfide) groups is 1. The first-order valence-electron chi connectivity index (χ1n) is 8.21. The van der Waals surface area contributed by atoms with E-state index in [0.29, 0.717) is 36.5 Å². The number of carboxylic acids is 1. The van der Waals surface area contributed by atoms with Crippen LogP contribution >= 0.6 is 11.8 Å². The number of ether oxygens (including phenoxy) is 1. The summed E-state index contributed by atoms with van der Waals surface area (Å²) in [5.74, 6) is -0.215. The second kappa shape index (κ2) is 6.59. The van der Waals surface area contributed by atoms with Gasteiger partial charge in [-0.25, -0.2) is 0 Å². The fourth-order valence-electron chi connectivity index (χ4n) is 3.29. The number of aliphatic carboxylic acids is 1. The molecule has 0 saturated carbocycles. The molecular formula is C19H21NO4S. The monoisotopic (exact) mass is 359 g/mol. The Hall–Kier alpha value is -2.21.